The number of nitrogen functional groups attached to an aromatic ring is 1. The van der Waals surface area contributed by atoms with Crippen LogP contribution in [0.4, 0.5) is 10.1 Å². The van der Waals surface area contributed by atoms with Gasteiger partial charge in [-0.15, -0.1) is 0 Å². The number of halogens is 1. The molecule has 1 heterocycles. The second-order valence-electron chi connectivity index (χ2n) is 7.07. The number of likely N-dealkylation sites (N-methyl/N-ethyl adjacent to an activating group) is 1. The van der Waals surface area contributed by atoms with Crippen molar-refractivity contribution in [3.63, 3.8) is 0 Å². The van der Waals surface area contributed by atoms with Crippen LogP contribution >= 0.6 is 0 Å². The van der Waals surface area contributed by atoms with Crippen molar-refractivity contribution in [2.24, 2.45) is 0 Å². The monoisotopic (exact) mass is 320 g/mol. The molecule has 0 bridgehead atoms. The van der Waals surface area contributed by atoms with Crippen molar-refractivity contribution >= 4 is 18.9 Å². The predicted octanol–water partition coefficient (Wildman–Crippen LogP) is 2.95. The molecule has 0 atom stereocenters. The Balaban J connectivity index is 2.38. The van der Waals surface area contributed by atoms with Gasteiger partial charge in [-0.25, -0.2) is 4.39 Å². The third kappa shape index (κ3) is 3.60. The van der Waals surface area contributed by atoms with Gasteiger partial charge < -0.3 is 20.4 Å². The van der Waals surface area contributed by atoms with Crippen LogP contribution in [-0.4, -0.2) is 31.9 Å². The first-order valence-electron chi connectivity index (χ1n) is 7.84. The number of nitrogens with two attached hydrogens (primary N) is 1. The molecule has 0 amide bonds. The van der Waals surface area contributed by atoms with E-state index in [0.29, 0.717) is 6.54 Å². The molecule has 0 unspecified atom stereocenters. The zero-order valence-corrected chi connectivity index (χ0v) is 14.8. The summed E-state index contributed by atoms with van der Waals surface area (Å²) in [5.74, 6) is -0.417. The molecule has 0 radical (unpaired) electrons. The van der Waals surface area contributed by atoms with Gasteiger partial charge in [-0.2, -0.15) is 0 Å². The quantitative estimate of drug-likeness (QED) is 0.661. The average molecular weight is 320 g/mol. The molecule has 1 fully saturated rings. The highest BCUT2D eigenvalue weighted by molar-refractivity contribution is 6.55. The molecule has 2 rings (SSSR count). The van der Waals surface area contributed by atoms with Gasteiger partial charge in [0, 0.05) is 6.54 Å². The Morgan fingerprint density at radius 2 is 1.83 bits per heavy atom. The SMILES string of the molecule is CNCC(=Cc1cc(F)c(N)cc1C)B1OC(C)(C)C(C)(C)O1. The summed E-state index contributed by atoms with van der Waals surface area (Å²) in [4.78, 5) is 0. The van der Waals surface area contributed by atoms with Crippen molar-refractivity contribution in [3.05, 3.63) is 34.5 Å². The minimum absolute atomic E-state index is 0.158. The van der Waals surface area contributed by atoms with Gasteiger partial charge in [-0.05, 0) is 70.4 Å². The Morgan fingerprint density at radius 3 is 2.35 bits per heavy atom. The number of aryl methyl sites for hydroxylation is 1. The molecule has 3 N–H and O–H groups in total. The molecule has 1 aliphatic rings. The summed E-state index contributed by atoms with van der Waals surface area (Å²) >= 11 is 0. The third-order valence-electron chi connectivity index (χ3n) is 4.66. The number of hydrogen-bond acceptors (Lipinski definition) is 4. The van der Waals surface area contributed by atoms with Crippen molar-refractivity contribution in [1.82, 2.24) is 5.32 Å². The normalized spacial score (nSPS) is 20.1. The minimum Gasteiger partial charge on any atom is -0.400 e. The zero-order chi connectivity index (χ0) is 17.4. The highest BCUT2D eigenvalue weighted by Crippen LogP contribution is 2.38. The predicted molar refractivity (Wildman–Crippen MR) is 93.5 cm³/mol. The number of rotatable bonds is 4. The van der Waals surface area contributed by atoms with Crippen molar-refractivity contribution in [2.75, 3.05) is 19.3 Å². The number of nitrogens with one attached hydrogen (secondary N) is 1. The van der Waals surface area contributed by atoms with Gasteiger partial charge in [0.15, 0.2) is 0 Å². The van der Waals surface area contributed by atoms with Gasteiger partial charge in [0.25, 0.3) is 0 Å². The van der Waals surface area contributed by atoms with E-state index in [1.54, 1.807) is 6.07 Å². The summed E-state index contributed by atoms with van der Waals surface area (Å²) in [7, 11) is 1.39. The largest absolute Gasteiger partial charge is 0.491 e. The standard InChI is InChI=1S/C17H26BFN2O2/c1-11-7-15(20)14(19)9-12(11)8-13(10-21-6)18-22-16(2,3)17(4,5)23-18/h7-9,21H,10,20H2,1-6H3. The van der Waals surface area contributed by atoms with Crippen LogP contribution in [0.1, 0.15) is 38.8 Å². The van der Waals surface area contributed by atoms with Gasteiger partial charge in [-0.1, -0.05) is 6.08 Å². The lowest BCUT2D eigenvalue weighted by atomic mass is 9.76. The van der Waals surface area contributed by atoms with Crippen LogP contribution in [0.3, 0.4) is 0 Å². The van der Waals surface area contributed by atoms with E-state index < -0.39 is 24.1 Å². The lowest BCUT2D eigenvalue weighted by molar-refractivity contribution is 0.00578. The van der Waals surface area contributed by atoms with Crippen molar-refractivity contribution in [2.45, 2.75) is 45.8 Å². The van der Waals surface area contributed by atoms with Gasteiger partial charge in [0.05, 0.1) is 16.9 Å². The molecule has 4 nitrogen and oxygen atoms in total. The summed E-state index contributed by atoms with van der Waals surface area (Å²) in [6, 6.07) is 3.09. The first-order valence-corrected chi connectivity index (χ1v) is 7.84. The van der Waals surface area contributed by atoms with Gasteiger partial charge >= 0.3 is 7.12 Å². The Labute approximate surface area is 138 Å². The van der Waals surface area contributed by atoms with Crippen LogP contribution in [0.2, 0.25) is 0 Å². The lowest BCUT2D eigenvalue weighted by Crippen LogP contribution is -2.41. The molecule has 0 aromatic heterocycles. The second-order valence-corrected chi connectivity index (χ2v) is 7.07. The van der Waals surface area contributed by atoms with E-state index in [-0.39, 0.29) is 5.69 Å². The molecule has 0 spiro atoms. The van der Waals surface area contributed by atoms with Crippen LogP contribution in [-0.2, 0) is 9.31 Å². The zero-order valence-electron chi connectivity index (χ0n) is 14.8. The summed E-state index contributed by atoms with van der Waals surface area (Å²) in [5, 5.41) is 3.12. The van der Waals surface area contributed by atoms with E-state index in [9.17, 15) is 4.39 Å². The van der Waals surface area contributed by atoms with E-state index in [0.717, 1.165) is 16.6 Å². The fourth-order valence-corrected chi connectivity index (χ4v) is 2.48. The molecule has 6 heteroatoms. The van der Waals surface area contributed by atoms with Crippen LogP contribution in [0.15, 0.2) is 17.6 Å². The molecule has 1 aromatic carbocycles. The van der Waals surface area contributed by atoms with Crippen LogP contribution in [0.25, 0.3) is 6.08 Å². The fraction of sp³-hybridized carbons (Fsp3) is 0.529. The van der Waals surface area contributed by atoms with Crippen LogP contribution in [0.5, 0.6) is 0 Å². The Morgan fingerprint density at radius 1 is 1.26 bits per heavy atom. The molecular weight excluding hydrogens is 294 g/mol. The molecule has 1 saturated heterocycles. The van der Waals surface area contributed by atoms with E-state index in [1.165, 1.54) is 6.07 Å². The smallest absolute Gasteiger partial charge is 0.400 e. The van der Waals surface area contributed by atoms with Crippen LogP contribution < -0.4 is 11.1 Å². The topological polar surface area (TPSA) is 56.5 Å². The number of benzene rings is 1. The average Bonchev–Trinajstić information content (AvgIpc) is 2.64. The maximum atomic E-state index is 13.8. The van der Waals surface area contributed by atoms with Gasteiger partial charge in [0.2, 0.25) is 0 Å². The molecular formula is C17H26BFN2O2. The molecule has 1 aliphatic heterocycles. The molecule has 0 saturated carbocycles. The molecule has 126 valence electrons. The first kappa shape index (κ1) is 18.0. The number of anilines is 1. The van der Waals surface area contributed by atoms with Crippen molar-refractivity contribution in [1.29, 1.82) is 0 Å². The van der Waals surface area contributed by atoms with Gasteiger partial charge in [-0.3, -0.25) is 0 Å². The van der Waals surface area contributed by atoms with Crippen molar-refractivity contribution < 1.29 is 13.7 Å². The second kappa shape index (κ2) is 6.26. The Bertz CT molecular complexity index is 613. The Kier molecular flexibility index (Phi) is 4.90. The molecule has 1 aromatic rings. The van der Waals surface area contributed by atoms with Gasteiger partial charge in [0.1, 0.15) is 5.82 Å². The highest BCUT2D eigenvalue weighted by Gasteiger charge is 2.52. The summed E-state index contributed by atoms with van der Waals surface area (Å²) in [6.07, 6.45) is 1.91. The maximum absolute atomic E-state index is 13.8. The molecule has 0 aliphatic carbocycles. The highest BCUT2D eigenvalue weighted by atomic mass is 19.1. The van der Waals surface area contributed by atoms with E-state index in [1.807, 2.05) is 47.7 Å². The third-order valence-corrected chi connectivity index (χ3v) is 4.66. The molecule has 23 heavy (non-hydrogen) atoms. The van der Waals surface area contributed by atoms with Crippen molar-refractivity contribution in [3.8, 4) is 0 Å². The maximum Gasteiger partial charge on any atom is 0.491 e. The first-order chi connectivity index (χ1) is 10.6. The Hall–Kier alpha value is -1.37. The van der Waals surface area contributed by atoms with E-state index in [4.69, 9.17) is 15.0 Å². The van der Waals surface area contributed by atoms with E-state index in [2.05, 4.69) is 5.32 Å². The summed E-state index contributed by atoms with van der Waals surface area (Å²) in [5.41, 5.74) is 7.55. The number of hydrogen-bond donors (Lipinski definition) is 2. The summed E-state index contributed by atoms with van der Waals surface area (Å²) < 4.78 is 26.0. The minimum atomic E-state index is -0.465. The lowest BCUT2D eigenvalue weighted by Gasteiger charge is -2.32. The summed E-state index contributed by atoms with van der Waals surface area (Å²) in [6.45, 7) is 10.5. The van der Waals surface area contributed by atoms with Crippen LogP contribution in [0, 0.1) is 12.7 Å². The fourth-order valence-electron chi connectivity index (χ4n) is 2.48. The van der Waals surface area contributed by atoms with E-state index >= 15 is 0 Å².